The number of nitrogens with zero attached hydrogens (tertiary/aromatic N) is 2. The van der Waals surface area contributed by atoms with Gasteiger partial charge in [0, 0.05) is 17.3 Å². The molecule has 0 saturated carbocycles. The number of aromatic nitrogens is 1. The minimum absolute atomic E-state index is 0.112. The van der Waals surface area contributed by atoms with Gasteiger partial charge in [0.25, 0.3) is 6.02 Å². The summed E-state index contributed by atoms with van der Waals surface area (Å²) in [5.74, 6) is 0.283. The molecule has 3 aromatic rings. The van der Waals surface area contributed by atoms with E-state index in [1.165, 1.54) is 0 Å². The number of amides is 1. The van der Waals surface area contributed by atoms with Crippen LogP contribution < -0.4 is 15.8 Å². The van der Waals surface area contributed by atoms with E-state index in [1.54, 1.807) is 6.20 Å². The third kappa shape index (κ3) is 4.20. The van der Waals surface area contributed by atoms with Crippen LogP contribution in [-0.4, -0.2) is 29.7 Å². The largest absolute Gasteiger partial charge is 0.463 e. The molecular weight excluding hydrogens is 356 g/mol. The average Bonchev–Trinajstić information content (AvgIpc) is 3.13. The van der Waals surface area contributed by atoms with Gasteiger partial charge in [-0.1, -0.05) is 30.3 Å². The lowest BCUT2D eigenvalue weighted by molar-refractivity contribution is 0.214. The van der Waals surface area contributed by atoms with Crippen molar-refractivity contribution >= 4 is 28.6 Å². The number of pyridine rings is 1. The molecule has 142 valence electrons. The molecule has 0 unspecified atom stereocenters. The Morgan fingerprint density at radius 1 is 1.18 bits per heavy atom. The van der Waals surface area contributed by atoms with E-state index >= 15 is 0 Å². The molecule has 2 aromatic carbocycles. The summed E-state index contributed by atoms with van der Waals surface area (Å²) >= 11 is 0. The van der Waals surface area contributed by atoms with Crippen molar-refractivity contribution in [1.82, 2.24) is 4.98 Å². The van der Waals surface area contributed by atoms with Crippen molar-refractivity contribution in [2.45, 2.75) is 18.9 Å². The van der Waals surface area contributed by atoms with Crippen LogP contribution in [0, 0.1) is 0 Å². The van der Waals surface area contributed by atoms with Crippen LogP contribution in [0.15, 0.2) is 65.8 Å². The van der Waals surface area contributed by atoms with Gasteiger partial charge in [0.05, 0.1) is 6.04 Å². The number of aryl methyl sites for hydroxylation is 1. The van der Waals surface area contributed by atoms with Gasteiger partial charge in [0.1, 0.15) is 6.61 Å². The molecule has 2 heterocycles. The summed E-state index contributed by atoms with van der Waals surface area (Å²) in [6, 6.07) is 17.5. The van der Waals surface area contributed by atoms with Gasteiger partial charge < -0.3 is 15.2 Å². The van der Waals surface area contributed by atoms with Crippen molar-refractivity contribution in [1.29, 1.82) is 0 Å². The van der Waals surface area contributed by atoms with E-state index < -0.39 is 6.09 Å². The zero-order chi connectivity index (χ0) is 19.3. The van der Waals surface area contributed by atoms with Gasteiger partial charge in [-0.3, -0.25) is 5.32 Å². The highest BCUT2D eigenvalue weighted by atomic mass is 16.6. The SMILES string of the molecule is NC1=N[C@@H](CCc2ccc(NC(=O)Oc3nccc4ccccc34)cc2)CO1. The maximum atomic E-state index is 12.2. The first-order valence-corrected chi connectivity index (χ1v) is 9.05. The topological polar surface area (TPSA) is 98.8 Å². The van der Waals surface area contributed by atoms with Gasteiger partial charge in [-0.05, 0) is 48.1 Å². The van der Waals surface area contributed by atoms with E-state index in [0.29, 0.717) is 12.3 Å². The predicted molar refractivity (Wildman–Crippen MR) is 108 cm³/mol. The van der Waals surface area contributed by atoms with Crippen LogP contribution in [0.4, 0.5) is 10.5 Å². The summed E-state index contributed by atoms with van der Waals surface area (Å²) in [6.45, 7) is 0.541. The Balaban J connectivity index is 1.34. The van der Waals surface area contributed by atoms with Crippen LogP contribution in [0.3, 0.4) is 0 Å². The lowest BCUT2D eigenvalue weighted by Gasteiger charge is -2.09. The molecule has 7 nitrogen and oxygen atoms in total. The summed E-state index contributed by atoms with van der Waals surface area (Å²) in [5.41, 5.74) is 7.32. The first-order chi connectivity index (χ1) is 13.7. The van der Waals surface area contributed by atoms with Gasteiger partial charge >= 0.3 is 6.09 Å². The van der Waals surface area contributed by atoms with Crippen molar-refractivity contribution in [3.63, 3.8) is 0 Å². The molecule has 1 aromatic heterocycles. The number of anilines is 1. The van der Waals surface area contributed by atoms with E-state index in [4.69, 9.17) is 15.2 Å². The predicted octanol–water partition coefficient (Wildman–Crippen LogP) is 3.49. The molecule has 0 spiro atoms. The number of carbonyl (C=O) groups excluding carboxylic acids is 1. The fourth-order valence-corrected chi connectivity index (χ4v) is 3.08. The Hall–Kier alpha value is -3.61. The number of nitrogens with one attached hydrogen (secondary N) is 1. The third-order valence-electron chi connectivity index (χ3n) is 4.53. The number of amidine groups is 1. The van der Waals surface area contributed by atoms with Crippen molar-refractivity contribution in [2.75, 3.05) is 11.9 Å². The van der Waals surface area contributed by atoms with Crippen LogP contribution >= 0.6 is 0 Å². The summed E-state index contributed by atoms with van der Waals surface area (Å²) in [7, 11) is 0. The van der Waals surface area contributed by atoms with Gasteiger partial charge in [-0.25, -0.2) is 14.8 Å². The Morgan fingerprint density at radius 2 is 2.00 bits per heavy atom. The highest BCUT2D eigenvalue weighted by Gasteiger charge is 2.16. The fraction of sp³-hybridized carbons (Fsp3) is 0.190. The molecular formula is C21H20N4O3. The number of nitrogens with two attached hydrogens (primary N) is 1. The van der Waals surface area contributed by atoms with Crippen LogP contribution in [0.25, 0.3) is 10.8 Å². The second-order valence-corrected chi connectivity index (χ2v) is 6.52. The Labute approximate surface area is 162 Å². The van der Waals surface area contributed by atoms with Gasteiger partial charge in [-0.2, -0.15) is 0 Å². The number of fused-ring (bicyclic) bond motifs is 1. The highest BCUT2D eigenvalue weighted by molar-refractivity contribution is 5.91. The van der Waals surface area contributed by atoms with Crippen molar-refractivity contribution in [3.8, 4) is 5.88 Å². The lowest BCUT2D eigenvalue weighted by atomic mass is 10.1. The van der Waals surface area contributed by atoms with E-state index in [2.05, 4.69) is 15.3 Å². The molecule has 1 atom stereocenters. The summed E-state index contributed by atoms with van der Waals surface area (Å²) in [5, 5.41) is 4.47. The molecule has 4 rings (SSSR count). The number of ether oxygens (including phenoxy) is 2. The molecule has 7 heteroatoms. The summed E-state index contributed by atoms with van der Waals surface area (Å²) in [4.78, 5) is 20.6. The molecule has 0 aliphatic carbocycles. The minimum Gasteiger partial charge on any atom is -0.463 e. The molecule has 0 saturated heterocycles. The normalized spacial score (nSPS) is 15.7. The maximum Gasteiger partial charge on any atom is 0.418 e. The summed E-state index contributed by atoms with van der Waals surface area (Å²) < 4.78 is 10.5. The number of aliphatic imine (C=N–C) groups is 1. The third-order valence-corrected chi connectivity index (χ3v) is 4.53. The number of rotatable bonds is 5. The van der Waals surface area contributed by atoms with Gasteiger partial charge in [-0.15, -0.1) is 0 Å². The maximum absolute atomic E-state index is 12.2. The first-order valence-electron chi connectivity index (χ1n) is 9.05. The highest BCUT2D eigenvalue weighted by Crippen LogP contribution is 2.23. The van der Waals surface area contributed by atoms with Crippen LogP contribution in [0.1, 0.15) is 12.0 Å². The van der Waals surface area contributed by atoms with Crippen LogP contribution in [-0.2, 0) is 11.2 Å². The first kappa shape index (κ1) is 17.8. The lowest BCUT2D eigenvalue weighted by Crippen LogP contribution is -2.17. The standard InChI is InChI=1S/C21H20N4O3/c22-20-24-17(13-27-20)10-7-14-5-8-16(9-6-14)25-21(26)28-19-18-4-2-1-3-15(18)11-12-23-19/h1-6,8-9,11-12,17H,7,10,13H2,(H2,22,24)(H,25,26)/t17-/m0/s1. The molecule has 0 bridgehead atoms. The number of carbonyl (C=O) groups is 1. The Bertz CT molecular complexity index is 1010. The molecule has 28 heavy (non-hydrogen) atoms. The van der Waals surface area contributed by atoms with Crippen LogP contribution in [0.5, 0.6) is 5.88 Å². The van der Waals surface area contributed by atoms with E-state index in [0.717, 1.165) is 29.2 Å². The molecule has 0 fully saturated rings. The van der Waals surface area contributed by atoms with Crippen molar-refractivity contribution < 1.29 is 14.3 Å². The monoisotopic (exact) mass is 376 g/mol. The van der Waals surface area contributed by atoms with E-state index in [9.17, 15) is 4.79 Å². The van der Waals surface area contributed by atoms with Crippen LogP contribution in [0.2, 0.25) is 0 Å². The van der Waals surface area contributed by atoms with Crippen molar-refractivity contribution in [3.05, 3.63) is 66.4 Å². The Morgan fingerprint density at radius 3 is 2.79 bits per heavy atom. The minimum atomic E-state index is -0.579. The zero-order valence-corrected chi connectivity index (χ0v) is 15.2. The zero-order valence-electron chi connectivity index (χ0n) is 15.2. The average molecular weight is 376 g/mol. The van der Waals surface area contributed by atoms with E-state index in [-0.39, 0.29) is 17.9 Å². The Kier molecular flexibility index (Phi) is 5.05. The number of hydrogen-bond acceptors (Lipinski definition) is 6. The molecule has 1 amide bonds. The fourth-order valence-electron chi connectivity index (χ4n) is 3.08. The van der Waals surface area contributed by atoms with Gasteiger partial charge in [0.2, 0.25) is 5.88 Å². The number of hydrogen-bond donors (Lipinski definition) is 2. The quantitative estimate of drug-likeness (QED) is 0.710. The second kappa shape index (κ2) is 7.96. The second-order valence-electron chi connectivity index (χ2n) is 6.52. The molecule has 0 radical (unpaired) electrons. The molecule has 1 aliphatic rings. The van der Waals surface area contributed by atoms with Gasteiger partial charge in [0.15, 0.2) is 0 Å². The smallest absolute Gasteiger partial charge is 0.418 e. The summed E-state index contributed by atoms with van der Waals surface area (Å²) in [6.07, 6.45) is 2.76. The van der Waals surface area contributed by atoms with Crippen molar-refractivity contribution in [2.24, 2.45) is 10.7 Å². The molecule has 1 aliphatic heterocycles. The van der Waals surface area contributed by atoms with E-state index in [1.807, 2.05) is 54.6 Å². The number of benzene rings is 2. The molecule has 3 N–H and O–H groups in total.